The van der Waals surface area contributed by atoms with Gasteiger partial charge in [0.1, 0.15) is 0 Å². The smallest absolute Gasteiger partial charge is 0.304 e. The van der Waals surface area contributed by atoms with Gasteiger partial charge in [-0.3, -0.25) is 9.78 Å². The van der Waals surface area contributed by atoms with Crippen LogP contribution in [-0.2, 0) is 9.53 Å². The molecule has 4 rings (SSSR count). The van der Waals surface area contributed by atoms with Gasteiger partial charge in [-0.1, -0.05) is 11.6 Å². The molecule has 3 heterocycles. The van der Waals surface area contributed by atoms with Crippen molar-refractivity contribution in [2.24, 2.45) is 0 Å². The Morgan fingerprint density at radius 1 is 1.23 bits per heavy atom. The van der Waals surface area contributed by atoms with Crippen molar-refractivity contribution in [3.63, 3.8) is 0 Å². The van der Waals surface area contributed by atoms with Crippen molar-refractivity contribution < 1.29 is 9.53 Å². The van der Waals surface area contributed by atoms with Gasteiger partial charge < -0.3 is 9.64 Å². The monoisotopic (exact) mass is 370 g/mol. The van der Waals surface area contributed by atoms with Crippen molar-refractivity contribution in [3.8, 4) is 5.69 Å². The third-order valence-electron chi connectivity index (χ3n) is 4.56. The zero-order valence-corrected chi connectivity index (χ0v) is 15.2. The first-order valence-corrected chi connectivity index (χ1v) is 9.04. The summed E-state index contributed by atoms with van der Waals surface area (Å²) >= 11 is 6.01. The molecule has 1 aliphatic rings. The van der Waals surface area contributed by atoms with Crippen LogP contribution in [0, 0.1) is 0 Å². The van der Waals surface area contributed by atoms with E-state index < -0.39 is 0 Å². The number of nitrogens with zero attached hydrogens (tertiary/aromatic N) is 4. The summed E-state index contributed by atoms with van der Waals surface area (Å²) in [5, 5.41) is 6.49. The van der Waals surface area contributed by atoms with E-state index >= 15 is 0 Å². The Hall–Kier alpha value is -2.60. The molecule has 1 aliphatic heterocycles. The predicted molar refractivity (Wildman–Crippen MR) is 101 cm³/mol. The molecule has 6 nitrogen and oxygen atoms in total. The molecule has 3 aromatic rings. The fraction of sp³-hybridized carbons (Fsp3) is 0.316. The Kier molecular flexibility index (Phi) is 4.51. The molecular formula is C19H19ClN4O2. The number of carbonyl (C=O) groups excluding carboxylic acids is 1. The van der Waals surface area contributed by atoms with E-state index in [0.717, 1.165) is 48.2 Å². The topological polar surface area (TPSA) is 60.2 Å². The van der Waals surface area contributed by atoms with Crippen LogP contribution in [0.15, 0.2) is 42.7 Å². The lowest BCUT2D eigenvalue weighted by Gasteiger charge is -2.35. The number of halogens is 1. The van der Waals surface area contributed by atoms with Crippen LogP contribution in [0.4, 0.5) is 5.82 Å². The molecule has 0 N–H and O–H groups in total. The van der Waals surface area contributed by atoms with Crippen LogP contribution in [0.5, 0.6) is 0 Å². The summed E-state index contributed by atoms with van der Waals surface area (Å²) in [6, 6.07) is 9.46. The van der Waals surface area contributed by atoms with Gasteiger partial charge in [-0.15, -0.1) is 5.10 Å². The lowest BCUT2D eigenvalue weighted by atomic mass is 10.1. The molecule has 0 spiro atoms. The standard InChI is InChI=1S/C19H19ClN4O2/c1-13(25)26-18-4-2-3-11-23(18)19-16-9-10-21-12-17(16)24(22-19)15-7-5-14(20)6-8-15/h5-10,12,18H,2-4,11H2,1H3. The quantitative estimate of drug-likeness (QED) is 0.653. The van der Waals surface area contributed by atoms with Gasteiger partial charge in [0, 0.05) is 36.5 Å². The highest BCUT2D eigenvalue weighted by atomic mass is 35.5. The molecule has 2 aromatic heterocycles. The minimum atomic E-state index is -0.286. The van der Waals surface area contributed by atoms with Gasteiger partial charge in [-0.2, -0.15) is 0 Å². The Morgan fingerprint density at radius 3 is 2.81 bits per heavy atom. The van der Waals surface area contributed by atoms with Crippen molar-refractivity contribution in [1.82, 2.24) is 14.8 Å². The number of hydrogen-bond acceptors (Lipinski definition) is 5. The van der Waals surface area contributed by atoms with Gasteiger partial charge in [-0.25, -0.2) is 4.68 Å². The number of hydrogen-bond donors (Lipinski definition) is 0. The summed E-state index contributed by atoms with van der Waals surface area (Å²) in [5.74, 6) is 0.535. The number of benzene rings is 1. The fourth-order valence-electron chi connectivity index (χ4n) is 3.40. The van der Waals surface area contributed by atoms with Crippen LogP contribution in [0.25, 0.3) is 16.6 Å². The summed E-state index contributed by atoms with van der Waals surface area (Å²) in [4.78, 5) is 17.8. The van der Waals surface area contributed by atoms with E-state index in [1.807, 2.05) is 35.0 Å². The van der Waals surface area contributed by atoms with E-state index in [4.69, 9.17) is 21.4 Å². The van der Waals surface area contributed by atoms with Gasteiger partial charge >= 0.3 is 5.97 Å². The second kappa shape index (κ2) is 6.96. The third kappa shape index (κ3) is 3.12. The third-order valence-corrected chi connectivity index (χ3v) is 4.81. The van der Waals surface area contributed by atoms with Crippen LogP contribution >= 0.6 is 11.6 Å². The highest BCUT2D eigenvalue weighted by Gasteiger charge is 2.29. The number of carbonyl (C=O) groups is 1. The van der Waals surface area contributed by atoms with Crippen LogP contribution < -0.4 is 4.90 Å². The lowest BCUT2D eigenvalue weighted by molar-refractivity contribution is -0.147. The molecule has 1 fully saturated rings. The maximum atomic E-state index is 11.5. The van der Waals surface area contributed by atoms with Gasteiger partial charge in [0.05, 0.1) is 17.4 Å². The molecule has 1 saturated heterocycles. The Labute approximate surface area is 156 Å². The summed E-state index contributed by atoms with van der Waals surface area (Å²) in [5.41, 5.74) is 1.80. The molecule has 1 atom stereocenters. The van der Waals surface area contributed by atoms with Gasteiger partial charge in [0.25, 0.3) is 0 Å². The zero-order valence-electron chi connectivity index (χ0n) is 14.4. The average Bonchev–Trinajstić information content (AvgIpc) is 3.02. The normalized spacial score (nSPS) is 17.5. The Bertz CT molecular complexity index is 938. The summed E-state index contributed by atoms with van der Waals surface area (Å²) in [6.07, 6.45) is 6.14. The van der Waals surface area contributed by atoms with E-state index in [1.54, 1.807) is 12.4 Å². The van der Waals surface area contributed by atoms with Crippen LogP contribution in [0.1, 0.15) is 26.2 Å². The number of ether oxygens (including phenoxy) is 1. The van der Waals surface area contributed by atoms with E-state index in [1.165, 1.54) is 6.92 Å². The minimum Gasteiger partial charge on any atom is -0.442 e. The Morgan fingerprint density at radius 2 is 2.04 bits per heavy atom. The molecule has 1 aromatic carbocycles. The highest BCUT2D eigenvalue weighted by molar-refractivity contribution is 6.30. The average molecular weight is 371 g/mol. The van der Waals surface area contributed by atoms with Crippen LogP contribution in [0.3, 0.4) is 0 Å². The number of fused-ring (bicyclic) bond motifs is 1. The van der Waals surface area contributed by atoms with E-state index in [2.05, 4.69) is 9.88 Å². The molecule has 0 saturated carbocycles. The van der Waals surface area contributed by atoms with Crippen molar-refractivity contribution in [2.75, 3.05) is 11.4 Å². The van der Waals surface area contributed by atoms with Gasteiger partial charge in [-0.05, 0) is 43.2 Å². The SMILES string of the molecule is CC(=O)OC1CCCCN1c1nn(-c2ccc(Cl)cc2)c2cnccc12. The van der Waals surface area contributed by atoms with Crippen molar-refractivity contribution in [2.45, 2.75) is 32.4 Å². The number of rotatable bonds is 3. The molecule has 0 radical (unpaired) electrons. The second-order valence-corrected chi connectivity index (χ2v) is 6.79. The van der Waals surface area contributed by atoms with Crippen molar-refractivity contribution in [3.05, 3.63) is 47.7 Å². The Balaban J connectivity index is 1.82. The molecule has 1 unspecified atom stereocenters. The molecule has 0 bridgehead atoms. The van der Waals surface area contributed by atoms with E-state index in [0.29, 0.717) is 5.02 Å². The highest BCUT2D eigenvalue weighted by Crippen LogP contribution is 2.32. The van der Waals surface area contributed by atoms with Crippen molar-refractivity contribution >= 4 is 34.3 Å². The molecule has 26 heavy (non-hydrogen) atoms. The maximum absolute atomic E-state index is 11.5. The molecule has 0 amide bonds. The van der Waals surface area contributed by atoms with Gasteiger partial charge in [0.15, 0.2) is 12.0 Å². The fourth-order valence-corrected chi connectivity index (χ4v) is 3.52. The first kappa shape index (κ1) is 16.8. The molecular weight excluding hydrogens is 352 g/mol. The summed E-state index contributed by atoms with van der Waals surface area (Å²) in [6.45, 7) is 2.24. The number of aromatic nitrogens is 3. The van der Waals surface area contributed by atoms with Gasteiger partial charge in [0.2, 0.25) is 0 Å². The number of piperidine rings is 1. The van der Waals surface area contributed by atoms with E-state index in [9.17, 15) is 4.79 Å². The summed E-state index contributed by atoms with van der Waals surface area (Å²) < 4.78 is 7.40. The lowest BCUT2D eigenvalue weighted by Crippen LogP contribution is -2.42. The predicted octanol–water partition coefficient (Wildman–Crippen LogP) is 3.95. The number of pyridine rings is 1. The minimum absolute atomic E-state index is 0.273. The largest absolute Gasteiger partial charge is 0.442 e. The first-order chi connectivity index (χ1) is 12.6. The number of anilines is 1. The van der Waals surface area contributed by atoms with Crippen molar-refractivity contribution in [1.29, 1.82) is 0 Å². The molecule has 7 heteroatoms. The maximum Gasteiger partial charge on any atom is 0.304 e. The van der Waals surface area contributed by atoms with Crippen LogP contribution in [0.2, 0.25) is 5.02 Å². The van der Waals surface area contributed by atoms with Crippen LogP contribution in [-0.4, -0.2) is 33.5 Å². The molecule has 0 aliphatic carbocycles. The number of esters is 1. The van der Waals surface area contributed by atoms with E-state index in [-0.39, 0.29) is 12.2 Å². The zero-order chi connectivity index (χ0) is 18.1. The summed E-state index contributed by atoms with van der Waals surface area (Å²) in [7, 11) is 0. The first-order valence-electron chi connectivity index (χ1n) is 8.66. The molecule has 134 valence electrons. The second-order valence-electron chi connectivity index (χ2n) is 6.36.